The summed E-state index contributed by atoms with van der Waals surface area (Å²) in [6.45, 7) is 0. The first-order valence-corrected chi connectivity index (χ1v) is 17.1. The highest BCUT2D eigenvalue weighted by molar-refractivity contribution is 7.85. The van der Waals surface area contributed by atoms with E-state index in [9.17, 15) is 0 Å². The molecule has 1 heterocycles. The molecular weight excluding hydrogens is 628 g/mol. The van der Waals surface area contributed by atoms with E-state index >= 15 is 4.57 Å². The van der Waals surface area contributed by atoms with Gasteiger partial charge in [-0.1, -0.05) is 145 Å². The highest BCUT2D eigenvalue weighted by atomic mass is 35.5. The normalized spacial score (nSPS) is 11.3. The van der Waals surface area contributed by atoms with Gasteiger partial charge in [-0.2, -0.15) is 0 Å². The lowest BCUT2D eigenvalue weighted by Gasteiger charge is -2.20. The summed E-state index contributed by atoms with van der Waals surface area (Å²) in [5.74, 6) is 1.51. The molecule has 222 valence electrons. The largest absolute Gasteiger partial charge is 0.309 e. The Labute approximate surface area is 277 Å². The minimum atomic E-state index is -3.14. The van der Waals surface area contributed by atoms with Gasteiger partial charge in [-0.3, -0.25) is 0 Å². The van der Waals surface area contributed by atoms with Gasteiger partial charge in [0.1, 0.15) is 0 Å². The summed E-state index contributed by atoms with van der Waals surface area (Å²) < 4.78 is 15.0. The van der Waals surface area contributed by atoms with E-state index in [1.54, 1.807) is 0 Å². The summed E-state index contributed by atoms with van der Waals surface area (Å²) in [5.41, 5.74) is 4.25. The molecule has 0 amide bonds. The molecule has 46 heavy (non-hydrogen) atoms. The van der Waals surface area contributed by atoms with Crippen LogP contribution in [0, 0.1) is 0 Å². The van der Waals surface area contributed by atoms with Crippen molar-refractivity contribution in [3.8, 4) is 45.3 Å². The van der Waals surface area contributed by atoms with Crippen LogP contribution < -0.4 is 15.9 Å². The Kier molecular flexibility index (Phi) is 8.34. The lowest BCUT2D eigenvalue weighted by molar-refractivity contribution is 0.592. The van der Waals surface area contributed by atoms with E-state index < -0.39 is 7.14 Å². The fourth-order valence-electron chi connectivity index (χ4n) is 5.46. The van der Waals surface area contributed by atoms with Crippen molar-refractivity contribution in [2.45, 2.75) is 0 Å². The molecule has 6 aromatic carbocycles. The molecule has 0 aliphatic carbocycles. The molecule has 7 rings (SSSR count). The van der Waals surface area contributed by atoms with Gasteiger partial charge in [0.15, 0.2) is 24.6 Å². The molecule has 0 unspecified atom stereocenters. The Bertz CT molecular complexity index is 2120. The van der Waals surface area contributed by atoms with Gasteiger partial charge in [-0.25, -0.2) is 15.0 Å². The van der Waals surface area contributed by atoms with Crippen LogP contribution in [-0.2, 0) is 4.57 Å². The number of benzene rings is 6. The molecular formula is C39H26Cl2N3OP. The fourth-order valence-corrected chi connectivity index (χ4v) is 8.54. The number of hydrogen-bond acceptors (Lipinski definition) is 4. The summed E-state index contributed by atoms with van der Waals surface area (Å²) in [5, 5.41) is 3.53. The maximum absolute atomic E-state index is 15.0. The molecule has 1 aromatic heterocycles. The Morgan fingerprint density at radius 1 is 0.370 bits per heavy atom. The predicted octanol–water partition coefficient (Wildman–Crippen LogP) is 9.49. The van der Waals surface area contributed by atoms with Crippen molar-refractivity contribution in [3.63, 3.8) is 0 Å². The van der Waals surface area contributed by atoms with E-state index in [4.69, 9.17) is 38.2 Å². The molecule has 0 saturated heterocycles. The van der Waals surface area contributed by atoms with Crippen molar-refractivity contribution in [2.75, 3.05) is 0 Å². The molecule has 0 atom stereocenters. The molecule has 0 fully saturated rings. The van der Waals surface area contributed by atoms with Crippen molar-refractivity contribution in [2.24, 2.45) is 0 Å². The monoisotopic (exact) mass is 653 g/mol. The Hall–Kier alpha value is -4.86. The van der Waals surface area contributed by atoms with Crippen LogP contribution in [0.4, 0.5) is 0 Å². The molecule has 0 saturated carbocycles. The molecule has 0 bridgehead atoms. The van der Waals surface area contributed by atoms with Crippen molar-refractivity contribution in [3.05, 3.63) is 168 Å². The summed E-state index contributed by atoms with van der Waals surface area (Å²) in [4.78, 5) is 14.5. The van der Waals surface area contributed by atoms with Crippen LogP contribution in [0.2, 0.25) is 10.0 Å². The minimum Gasteiger partial charge on any atom is -0.309 e. The topological polar surface area (TPSA) is 55.7 Å². The first-order chi connectivity index (χ1) is 22.5. The number of aromatic nitrogens is 3. The zero-order valence-corrected chi connectivity index (χ0v) is 26.9. The molecule has 7 aromatic rings. The fraction of sp³-hybridized carbons (Fsp3) is 0. The van der Waals surface area contributed by atoms with E-state index in [2.05, 4.69) is 0 Å². The van der Waals surface area contributed by atoms with E-state index in [1.807, 2.05) is 158 Å². The standard InChI is InChI=1S/C39H26Cl2N3OP/c40-32-16-8-14-30(24-32)38-42-37(43-39(44-38)31-15-9-17-33(41)25-31)29-13-7-11-27(23-29)28-12-10-22-36(26-28)46(45,34-18-3-1-4-19-34)35-20-5-2-6-21-35/h1-26H. The van der Waals surface area contributed by atoms with Gasteiger partial charge in [0.25, 0.3) is 0 Å². The molecule has 0 aliphatic rings. The number of halogens is 2. The van der Waals surface area contributed by atoms with Crippen molar-refractivity contribution < 1.29 is 4.57 Å². The Morgan fingerprint density at radius 2 is 0.739 bits per heavy atom. The van der Waals surface area contributed by atoms with Crippen LogP contribution in [0.25, 0.3) is 45.3 Å². The Balaban J connectivity index is 1.34. The average Bonchev–Trinajstić information content (AvgIpc) is 3.12. The van der Waals surface area contributed by atoms with Gasteiger partial charge in [-0.15, -0.1) is 0 Å². The third-order valence-corrected chi connectivity index (χ3v) is 11.2. The number of hydrogen-bond donors (Lipinski definition) is 0. The lowest BCUT2D eigenvalue weighted by atomic mass is 10.0. The van der Waals surface area contributed by atoms with Crippen LogP contribution in [0.5, 0.6) is 0 Å². The summed E-state index contributed by atoms with van der Waals surface area (Å²) >= 11 is 12.7. The van der Waals surface area contributed by atoms with Crippen LogP contribution >= 0.6 is 30.3 Å². The second kappa shape index (κ2) is 12.9. The smallest absolute Gasteiger partial charge is 0.171 e. The van der Waals surface area contributed by atoms with E-state index in [0.717, 1.165) is 43.7 Å². The number of nitrogens with zero attached hydrogens (tertiary/aromatic N) is 3. The average molecular weight is 655 g/mol. The van der Waals surface area contributed by atoms with Gasteiger partial charge < -0.3 is 4.57 Å². The highest BCUT2D eigenvalue weighted by Gasteiger charge is 2.29. The predicted molar refractivity (Wildman–Crippen MR) is 191 cm³/mol. The van der Waals surface area contributed by atoms with Crippen molar-refractivity contribution >= 4 is 46.3 Å². The second-order valence-electron chi connectivity index (χ2n) is 10.7. The molecule has 0 radical (unpaired) electrons. The first kappa shape index (κ1) is 29.8. The van der Waals surface area contributed by atoms with Crippen LogP contribution in [0.15, 0.2) is 158 Å². The quantitative estimate of drug-likeness (QED) is 0.161. The molecule has 0 N–H and O–H groups in total. The maximum atomic E-state index is 15.0. The zero-order chi connectivity index (χ0) is 31.5. The van der Waals surface area contributed by atoms with E-state index in [0.29, 0.717) is 27.5 Å². The second-order valence-corrected chi connectivity index (χ2v) is 14.4. The summed E-state index contributed by atoms with van der Waals surface area (Å²) in [6, 6.07) is 50.3. The molecule has 7 heteroatoms. The van der Waals surface area contributed by atoms with E-state index in [1.165, 1.54) is 0 Å². The first-order valence-electron chi connectivity index (χ1n) is 14.7. The lowest BCUT2D eigenvalue weighted by Crippen LogP contribution is -2.25. The van der Waals surface area contributed by atoms with Crippen LogP contribution in [0.3, 0.4) is 0 Å². The third-order valence-electron chi connectivity index (χ3n) is 7.70. The molecule has 0 spiro atoms. The van der Waals surface area contributed by atoms with Gasteiger partial charge in [0.05, 0.1) is 0 Å². The third kappa shape index (κ3) is 6.03. The van der Waals surface area contributed by atoms with Gasteiger partial charge in [0, 0.05) is 42.6 Å². The summed E-state index contributed by atoms with van der Waals surface area (Å²) in [6.07, 6.45) is 0. The van der Waals surface area contributed by atoms with Gasteiger partial charge >= 0.3 is 0 Å². The number of rotatable bonds is 7. The van der Waals surface area contributed by atoms with Crippen LogP contribution in [-0.4, -0.2) is 15.0 Å². The van der Waals surface area contributed by atoms with E-state index in [-0.39, 0.29) is 0 Å². The Morgan fingerprint density at radius 3 is 1.22 bits per heavy atom. The van der Waals surface area contributed by atoms with Gasteiger partial charge in [0.2, 0.25) is 0 Å². The maximum Gasteiger partial charge on any atom is 0.171 e. The van der Waals surface area contributed by atoms with Crippen molar-refractivity contribution in [1.29, 1.82) is 0 Å². The van der Waals surface area contributed by atoms with Crippen LogP contribution in [0.1, 0.15) is 0 Å². The van der Waals surface area contributed by atoms with Crippen molar-refractivity contribution in [1.82, 2.24) is 15.0 Å². The van der Waals surface area contributed by atoms with Gasteiger partial charge in [-0.05, 0) is 47.5 Å². The highest BCUT2D eigenvalue weighted by Crippen LogP contribution is 2.43. The summed E-state index contributed by atoms with van der Waals surface area (Å²) in [7, 11) is -3.14. The SMILES string of the molecule is O=P(c1ccccc1)(c1ccccc1)c1cccc(-c2cccc(-c3nc(-c4cccc(Cl)c4)nc(-c4cccc(Cl)c4)n3)c2)c1. The molecule has 0 aliphatic heterocycles. The molecule has 4 nitrogen and oxygen atoms in total. The zero-order valence-electron chi connectivity index (χ0n) is 24.5. The minimum absolute atomic E-state index is 0.501.